The number of para-hydroxylation sites is 1. The molecule has 0 spiro atoms. The molecule has 0 aliphatic carbocycles. The topological polar surface area (TPSA) is 61.8 Å². The molecular formula is C23H26O5. The van der Waals surface area contributed by atoms with Crippen molar-refractivity contribution < 1.29 is 23.8 Å². The molecule has 0 unspecified atom stereocenters. The van der Waals surface area contributed by atoms with Crippen molar-refractivity contribution in [1.29, 1.82) is 0 Å². The summed E-state index contributed by atoms with van der Waals surface area (Å²) in [5.74, 6) is 0.0183. The summed E-state index contributed by atoms with van der Waals surface area (Å²) in [6.45, 7) is 9.43. The fourth-order valence-corrected chi connectivity index (χ4v) is 1.91. The van der Waals surface area contributed by atoms with Gasteiger partial charge in [0, 0.05) is 18.1 Å². The third kappa shape index (κ3) is 10.6. The van der Waals surface area contributed by atoms with Gasteiger partial charge in [0.2, 0.25) is 0 Å². The minimum Gasteiger partial charge on any atom is -0.490 e. The molecule has 5 nitrogen and oxygen atoms in total. The quantitative estimate of drug-likeness (QED) is 0.370. The van der Waals surface area contributed by atoms with Crippen molar-refractivity contribution in [3.8, 4) is 5.75 Å². The van der Waals surface area contributed by atoms with Gasteiger partial charge in [-0.3, -0.25) is 0 Å². The monoisotopic (exact) mass is 382 g/mol. The molecule has 0 radical (unpaired) electrons. The van der Waals surface area contributed by atoms with Crippen molar-refractivity contribution in [2.45, 2.75) is 13.3 Å². The first-order valence-corrected chi connectivity index (χ1v) is 8.86. The maximum Gasteiger partial charge on any atom is 0.333 e. The lowest BCUT2D eigenvalue weighted by atomic mass is 10.2. The SMILES string of the molecule is C=C(C)C(=O)OCCc1ccccc1.C=CC(=O)OCCOc1ccccc1. The van der Waals surface area contributed by atoms with E-state index in [0.717, 1.165) is 18.2 Å². The first-order chi connectivity index (χ1) is 13.5. The summed E-state index contributed by atoms with van der Waals surface area (Å²) in [7, 11) is 0. The van der Waals surface area contributed by atoms with Gasteiger partial charge in [-0.05, 0) is 24.6 Å². The van der Waals surface area contributed by atoms with E-state index < -0.39 is 5.97 Å². The highest BCUT2D eigenvalue weighted by atomic mass is 16.6. The van der Waals surface area contributed by atoms with E-state index in [2.05, 4.69) is 13.2 Å². The standard InChI is InChI=1S/C12H14O2.C11H12O3/c1-10(2)12(13)14-9-8-11-6-4-3-5-7-11;1-2-11(12)14-9-8-13-10-6-4-3-5-7-10/h3-7H,1,8-9H2,2H3;2-7H,1,8-9H2. The first kappa shape index (κ1) is 22.7. The van der Waals surface area contributed by atoms with Gasteiger partial charge in [-0.1, -0.05) is 61.7 Å². The van der Waals surface area contributed by atoms with Gasteiger partial charge in [0.15, 0.2) is 0 Å². The van der Waals surface area contributed by atoms with Crippen LogP contribution in [0.1, 0.15) is 12.5 Å². The average molecular weight is 382 g/mol. The third-order valence-corrected chi connectivity index (χ3v) is 3.32. The van der Waals surface area contributed by atoms with E-state index in [9.17, 15) is 9.59 Å². The van der Waals surface area contributed by atoms with Crippen LogP contribution in [-0.2, 0) is 25.5 Å². The Morgan fingerprint density at radius 2 is 1.50 bits per heavy atom. The molecule has 0 saturated heterocycles. The smallest absolute Gasteiger partial charge is 0.333 e. The van der Waals surface area contributed by atoms with Crippen molar-refractivity contribution in [3.05, 3.63) is 91.0 Å². The predicted octanol–water partition coefficient (Wildman–Crippen LogP) is 4.14. The zero-order valence-corrected chi connectivity index (χ0v) is 16.1. The van der Waals surface area contributed by atoms with Crippen LogP contribution < -0.4 is 4.74 Å². The minimum atomic E-state index is -0.429. The van der Waals surface area contributed by atoms with E-state index in [1.807, 2.05) is 60.7 Å². The molecule has 5 heteroatoms. The number of benzene rings is 2. The summed E-state index contributed by atoms with van der Waals surface area (Å²) in [6.07, 6.45) is 1.88. The summed E-state index contributed by atoms with van der Waals surface area (Å²) in [4.78, 5) is 21.6. The van der Waals surface area contributed by atoms with Crippen LogP contribution in [0.15, 0.2) is 85.5 Å². The van der Waals surface area contributed by atoms with Crippen molar-refractivity contribution in [3.63, 3.8) is 0 Å². The molecular weight excluding hydrogens is 356 g/mol. The van der Waals surface area contributed by atoms with E-state index >= 15 is 0 Å². The molecule has 0 fully saturated rings. The van der Waals surface area contributed by atoms with Gasteiger partial charge in [-0.2, -0.15) is 0 Å². The molecule has 148 valence electrons. The second-order valence-corrected chi connectivity index (χ2v) is 5.68. The molecule has 0 bridgehead atoms. The lowest BCUT2D eigenvalue weighted by Gasteiger charge is -2.05. The number of hydrogen-bond donors (Lipinski definition) is 0. The van der Waals surface area contributed by atoms with Gasteiger partial charge in [0.1, 0.15) is 19.0 Å². The van der Waals surface area contributed by atoms with Gasteiger partial charge in [0.05, 0.1) is 6.61 Å². The Morgan fingerprint density at radius 3 is 2.07 bits per heavy atom. The van der Waals surface area contributed by atoms with Crippen molar-refractivity contribution in [2.75, 3.05) is 19.8 Å². The second kappa shape index (κ2) is 13.8. The molecule has 0 atom stereocenters. The molecule has 0 saturated carbocycles. The Labute approximate surface area is 166 Å². The van der Waals surface area contributed by atoms with E-state index in [-0.39, 0.29) is 12.6 Å². The molecule has 28 heavy (non-hydrogen) atoms. The largest absolute Gasteiger partial charge is 0.490 e. The Hall–Kier alpha value is -3.34. The number of esters is 2. The van der Waals surface area contributed by atoms with Crippen LogP contribution in [0.25, 0.3) is 0 Å². The van der Waals surface area contributed by atoms with Crippen LogP contribution in [0.3, 0.4) is 0 Å². The number of rotatable bonds is 9. The van der Waals surface area contributed by atoms with Gasteiger partial charge < -0.3 is 14.2 Å². The molecule has 0 N–H and O–H groups in total. The summed E-state index contributed by atoms with van der Waals surface area (Å²) < 4.78 is 15.0. The molecule has 0 aliphatic heterocycles. The molecule has 2 aromatic carbocycles. The molecule has 0 aliphatic rings. The van der Waals surface area contributed by atoms with Gasteiger partial charge in [-0.15, -0.1) is 0 Å². The Morgan fingerprint density at radius 1 is 0.893 bits per heavy atom. The number of hydrogen-bond acceptors (Lipinski definition) is 5. The Kier molecular flexibility index (Phi) is 11.2. The first-order valence-electron chi connectivity index (χ1n) is 8.86. The van der Waals surface area contributed by atoms with Crippen LogP contribution in [0, 0.1) is 0 Å². The van der Waals surface area contributed by atoms with E-state index in [1.165, 1.54) is 5.56 Å². The maximum atomic E-state index is 11.0. The third-order valence-electron chi connectivity index (χ3n) is 3.32. The van der Waals surface area contributed by atoms with Crippen LogP contribution in [-0.4, -0.2) is 31.8 Å². The molecule has 2 aromatic rings. The molecule has 0 amide bonds. The maximum absolute atomic E-state index is 11.0. The zero-order valence-electron chi connectivity index (χ0n) is 16.1. The summed E-state index contributed by atoms with van der Waals surface area (Å²) >= 11 is 0. The number of carbonyl (C=O) groups excluding carboxylic acids is 2. The highest BCUT2D eigenvalue weighted by Gasteiger charge is 2.02. The highest BCUT2D eigenvalue weighted by Crippen LogP contribution is 2.07. The van der Waals surface area contributed by atoms with Crippen LogP contribution in [0.5, 0.6) is 5.75 Å². The minimum absolute atomic E-state index is 0.236. The Balaban J connectivity index is 0.000000280. The zero-order chi connectivity index (χ0) is 20.6. The number of carbonyl (C=O) groups is 2. The summed E-state index contributed by atoms with van der Waals surface area (Å²) in [5, 5.41) is 0. The lowest BCUT2D eigenvalue weighted by Crippen LogP contribution is -2.09. The fourth-order valence-electron chi connectivity index (χ4n) is 1.91. The van der Waals surface area contributed by atoms with Gasteiger partial charge >= 0.3 is 11.9 Å². The molecule has 0 aromatic heterocycles. The second-order valence-electron chi connectivity index (χ2n) is 5.68. The normalized spacial score (nSPS) is 9.32. The van der Waals surface area contributed by atoms with Crippen molar-refractivity contribution in [2.24, 2.45) is 0 Å². The van der Waals surface area contributed by atoms with Gasteiger partial charge in [-0.25, -0.2) is 9.59 Å². The van der Waals surface area contributed by atoms with Crippen LogP contribution in [0.2, 0.25) is 0 Å². The molecule has 0 heterocycles. The van der Waals surface area contributed by atoms with Crippen LogP contribution in [0.4, 0.5) is 0 Å². The summed E-state index contributed by atoms with van der Waals surface area (Å²) in [5.41, 5.74) is 1.61. The van der Waals surface area contributed by atoms with Crippen molar-refractivity contribution in [1.82, 2.24) is 0 Å². The Bertz CT molecular complexity index is 736. The number of ether oxygens (including phenoxy) is 3. The average Bonchev–Trinajstić information content (AvgIpc) is 2.73. The van der Waals surface area contributed by atoms with E-state index in [0.29, 0.717) is 18.8 Å². The molecule has 2 rings (SSSR count). The highest BCUT2D eigenvalue weighted by molar-refractivity contribution is 5.86. The lowest BCUT2D eigenvalue weighted by molar-refractivity contribution is -0.139. The predicted molar refractivity (Wildman–Crippen MR) is 109 cm³/mol. The van der Waals surface area contributed by atoms with E-state index in [4.69, 9.17) is 14.2 Å². The van der Waals surface area contributed by atoms with Crippen molar-refractivity contribution >= 4 is 11.9 Å². The van der Waals surface area contributed by atoms with E-state index in [1.54, 1.807) is 6.92 Å². The summed E-state index contributed by atoms with van der Waals surface area (Å²) in [6, 6.07) is 19.3. The van der Waals surface area contributed by atoms with Gasteiger partial charge in [0.25, 0.3) is 0 Å². The fraction of sp³-hybridized carbons (Fsp3) is 0.217. The van der Waals surface area contributed by atoms with Crippen LogP contribution >= 0.6 is 0 Å².